The topological polar surface area (TPSA) is 40.6 Å². The maximum Gasteiger partial charge on any atom is 0.264 e. The van der Waals surface area contributed by atoms with E-state index < -0.39 is 0 Å². The van der Waals surface area contributed by atoms with Crippen molar-refractivity contribution in [3.63, 3.8) is 0 Å². The highest BCUT2D eigenvalue weighted by atomic mass is 32.1. The van der Waals surface area contributed by atoms with Gasteiger partial charge in [-0.15, -0.1) is 11.3 Å². The molecule has 0 bridgehead atoms. The molecule has 16 heavy (non-hydrogen) atoms. The van der Waals surface area contributed by atoms with Crippen LogP contribution in [0.25, 0.3) is 0 Å². The highest BCUT2D eigenvalue weighted by Gasteiger charge is 2.23. The molecule has 5 heteroatoms. The van der Waals surface area contributed by atoms with Crippen molar-refractivity contribution in [2.24, 2.45) is 0 Å². The predicted octanol–water partition coefficient (Wildman–Crippen LogP) is 1.05. The van der Waals surface area contributed by atoms with Gasteiger partial charge in [-0.2, -0.15) is 0 Å². The van der Waals surface area contributed by atoms with Gasteiger partial charge in [-0.3, -0.25) is 9.59 Å². The fourth-order valence-corrected chi connectivity index (χ4v) is 2.41. The smallest absolute Gasteiger partial charge is 0.264 e. The lowest BCUT2D eigenvalue weighted by molar-refractivity contribution is -0.129. The van der Waals surface area contributed by atoms with E-state index in [2.05, 4.69) is 0 Å². The number of hydrogen-bond acceptors (Lipinski definition) is 3. The van der Waals surface area contributed by atoms with Gasteiger partial charge in [0, 0.05) is 20.1 Å². The van der Waals surface area contributed by atoms with Crippen molar-refractivity contribution in [2.75, 3.05) is 26.7 Å². The van der Waals surface area contributed by atoms with Gasteiger partial charge in [0.25, 0.3) is 5.91 Å². The Bertz CT molecular complexity index is 389. The van der Waals surface area contributed by atoms with Gasteiger partial charge >= 0.3 is 0 Å². The molecule has 1 fully saturated rings. The average Bonchev–Trinajstić information content (AvgIpc) is 2.74. The van der Waals surface area contributed by atoms with E-state index in [1.807, 2.05) is 11.4 Å². The molecule has 2 heterocycles. The number of nitrogens with zero attached hydrogens (tertiary/aromatic N) is 2. The molecular weight excluding hydrogens is 224 g/mol. The monoisotopic (exact) mass is 238 g/mol. The molecule has 0 spiro atoms. The lowest BCUT2D eigenvalue weighted by Crippen LogP contribution is -2.37. The van der Waals surface area contributed by atoms with Gasteiger partial charge in [-0.05, 0) is 17.9 Å². The lowest BCUT2D eigenvalue weighted by Gasteiger charge is -2.18. The molecule has 1 saturated heterocycles. The second kappa shape index (κ2) is 4.65. The molecule has 1 aromatic rings. The first-order valence-corrected chi connectivity index (χ1v) is 6.13. The first-order chi connectivity index (χ1) is 7.68. The average molecular weight is 238 g/mol. The largest absolute Gasteiger partial charge is 0.344 e. The van der Waals surface area contributed by atoms with Crippen molar-refractivity contribution in [3.8, 4) is 0 Å². The minimum Gasteiger partial charge on any atom is -0.344 e. The van der Waals surface area contributed by atoms with E-state index in [-0.39, 0.29) is 18.4 Å². The second-order valence-electron chi connectivity index (χ2n) is 3.87. The fraction of sp³-hybridized carbons (Fsp3) is 0.455. The number of amides is 2. The van der Waals surface area contributed by atoms with Crippen molar-refractivity contribution >= 4 is 23.2 Å². The highest BCUT2D eigenvalue weighted by Crippen LogP contribution is 2.13. The van der Waals surface area contributed by atoms with E-state index in [1.54, 1.807) is 22.9 Å². The molecule has 0 aliphatic carbocycles. The SMILES string of the molecule is CN1CCCN(C(=O)c2cccs2)CC1=O. The molecule has 0 saturated carbocycles. The lowest BCUT2D eigenvalue weighted by atomic mass is 10.3. The molecule has 1 aromatic heterocycles. The Morgan fingerprint density at radius 2 is 2.25 bits per heavy atom. The third-order valence-corrected chi connectivity index (χ3v) is 3.55. The Kier molecular flexibility index (Phi) is 3.24. The van der Waals surface area contributed by atoms with E-state index in [4.69, 9.17) is 0 Å². The summed E-state index contributed by atoms with van der Waals surface area (Å²) in [4.78, 5) is 27.7. The first-order valence-electron chi connectivity index (χ1n) is 5.25. The predicted molar refractivity (Wildman–Crippen MR) is 62.5 cm³/mol. The normalized spacial score (nSPS) is 17.4. The summed E-state index contributed by atoms with van der Waals surface area (Å²) >= 11 is 1.42. The van der Waals surface area contributed by atoms with Crippen LogP contribution >= 0.6 is 11.3 Å². The third kappa shape index (κ3) is 2.24. The number of hydrogen-bond donors (Lipinski definition) is 0. The van der Waals surface area contributed by atoms with Gasteiger partial charge in [0.1, 0.15) is 6.54 Å². The number of likely N-dealkylation sites (N-methyl/N-ethyl adjacent to an activating group) is 1. The summed E-state index contributed by atoms with van der Waals surface area (Å²) in [6.45, 7) is 1.59. The van der Waals surface area contributed by atoms with Crippen LogP contribution in [0.15, 0.2) is 17.5 Å². The van der Waals surface area contributed by atoms with E-state index in [0.29, 0.717) is 11.4 Å². The minimum atomic E-state index is -0.0290. The van der Waals surface area contributed by atoms with E-state index in [1.165, 1.54) is 11.3 Å². The van der Waals surface area contributed by atoms with Gasteiger partial charge in [0.2, 0.25) is 5.91 Å². The van der Waals surface area contributed by atoms with Crippen LogP contribution in [0.4, 0.5) is 0 Å². The number of rotatable bonds is 1. The van der Waals surface area contributed by atoms with Crippen LogP contribution < -0.4 is 0 Å². The van der Waals surface area contributed by atoms with Crippen molar-refractivity contribution < 1.29 is 9.59 Å². The summed E-state index contributed by atoms with van der Waals surface area (Å²) in [5.41, 5.74) is 0. The minimum absolute atomic E-state index is 0.0161. The third-order valence-electron chi connectivity index (χ3n) is 2.69. The molecule has 1 aliphatic heterocycles. The molecule has 0 aromatic carbocycles. The standard InChI is InChI=1S/C11H14N2O2S/c1-12-5-3-6-13(8-10(12)14)11(15)9-4-2-7-16-9/h2,4,7H,3,5-6,8H2,1H3. The Labute approximate surface area is 98.5 Å². The Hall–Kier alpha value is -1.36. The van der Waals surface area contributed by atoms with Crippen molar-refractivity contribution in [3.05, 3.63) is 22.4 Å². The zero-order chi connectivity index (χ0) is 11.5. The maximum atomic E-state index is 12.0. The summed E-state index contributed by atoms with van der Waals surface area (Å²) < 4.78 is 0. The Morgan fingerprint density at radius 1 is 1.44 bits per heavy atom. The summed E-state index contributed by atoms with van der Waals surface area (Å²) in [5, 5.41) is 1.87. The molecule has 0 radical (unpaired) electrons. The summed E-state index contributed by atoms with van der Waals surface area (Å²) in [6.07, 6.45) is 0.847. The van der Waals surface area contributed by atoms with Gasteiger partial charge in [-0.1, -0.05) is 6.07 Å². The number of carbonyl (C=O) groups is 2. The second-order valence-corrected chi connectivity index (χ2v) is 4.82. The van der Waals surface area contributed by atoms with Crippen LogP contribution in [-0.4, -0.2) is 48.3 Å². The first kappa shape index (κ1) is 11.1. The fourth-order valence-electron chi connectivity index (χ4n) is 1.72. The van der Waals surface area contributed by atoms with Gasteiger partial charge in [0.05, 0.1) is 4.88 Å². The van der Waals surface area contributed by atoms with Crippen molar-refractivity contribution in [1.82, 2.24) is 9.80 Å². The quantitative estimate of drug-likeness (QED) is 0.734. The number of thiophene rings is 1. The number of carbonyl (C=O) groups excluding carboxylic acids is 2. The van der Waals surface area contributed by atoms with Crippen LogP contribution in [-0.2, 0) is 4.79 Å². The van der Waals surface area contributed by atoms with Crippen molar-refractivity contribution in [2.45, 2.75) is 6.42 Å². The molecule has 2 rings (SSSR count). The Balaban J connectivity index is 2.09. The van der Waals surface area contributed by atoms with Gasteiger partial charge in [0.15, 0.2) is 0 Å². The van der Waals surface area contributed by atoms with E-state index in [0.717, 1.165) is 13.0 Å². The highest BCUT2D eigenvalue weighted by molar-refractivity contribution is 7.12. The zero-order valence-corrected chi connectivity index (χ0v) is 10.00. The molecular formula is C11H14N2O2S. The van der Waals surface area contributed by atoms with E-state index in [9.17, 15) is 9.59 Å². The summed E-state index contributed by atoms with van der Waals surface area (Å²) in [5.74, 6) is -0.0129. The molecule has 0 N–H and O–H groups in total. The molecule has 2 amide bonds. The van der Waals surface area contributed by atoms with Crippen LogP contribution in [0.5, 0.6) is 0 Å². The van der Waals surface area contributed by atoms with Crippen molar-refractivity contribution in [1.29, 1.82) is 0 Å². The summed E-state index contributed by atoms with van der Waals surface area (Å²) in [6, 6.07) is 3.65. The van der Waals surface area contributed by atoms with E-state index >= 15 is 0 Å². The molecule has 1 aliphatic rings. The van der Waals surface area contributed by atoms with Gasteiger partial charge < -0.3 is 9.80 Å². The molecule has 0 atom stereocenters. The maximum absolute atomic E-state index is 12.0. The molecule has 0 unspecified atom stereocenters. The van der Waals surface area contributed by atoms with Crippen LogP contribution in [0.3, 0.4) is 0 Å². The van der Waals surface area contributed by atoms with Crippen LogP contribution in [0.1, 0.15) is 16.1 Å². The van der Waals surface area contributed by atoms with Crippen LogP contribution in [0.2, 0.25) is 0 Å². The molecule has 4 nitrogen and oxygen atoms in total. The molecule has 86 valence electrons. The Morgan fingerprint density at radius 3 is 2.94 bits per heavy atom. The van der Waals surface area contributed by atoms with Crippen LogP contribution in [0, 0.1) is 0 Å². The van der Waals surface area contributed by atoms with Gasteiger partial charge in [-0.25, -0.2) is 0 Å². The summed E-state index contributed by atoms with van der Waals surface area (Å²) in [7, 11) is 1.78. The zero-order valence-electron chi connectivity index (χ0n) is 9.18.